The van der Waals surface area contributed by atoms with E-state index in [1.54, 1.807) is 0 Å². The molecule has 2 aliphatic heterocycles. The zero-order valence-electron chi connectivity index (χ0n) is 11.9. The Hall–Kier alpha value is -1.06. The van der Waals surface area contributed by atoms with Gasteiger partial charge >= 0.3 is 0 Å². The van der Waals surface area contributed by atoms with Crippen molar-refractivity contribution < 1.29 is 9.57 Å². The third-order valence-electron chi connectivity index (χ3n) is 4.14. The van der Waals surface area contributed by atoms with Crippen molar-refractivity contribution in [3.05, 3.63) is 29.8 Å². The average Bonchev–Trinajstić information content (AvgIpc) is 2.41. The third-order valence-corrected chi connectivity index (χ3v) is 4.14. The summed E-state index contributed by atoms with van der Waals surface area (Å²) in [4.78, 5) is 5.77. The Balaban J connectivity index is 1.65. The van der Waals surface area contributed by atoms with E-state index in [1.165, 1.54) is 5.56 Å². The maximum atomic E-state index is 6.33. The van der Waals surface area contributed by atoms with E-state index in [2.05, 4.69) is 43.2 Å². The maximum absolute atomic E-state index is 6.33. The van der Waals surface area contributed by atoms with E-state index in [4.69, 9.17) is 9.57 Å². The summed E-state index contributed by atoms with van der Waals surface area (Å²) in [7, 11) is 0. The van der Waals surface area contributed by atoms with Gasteiger partial charge in [0.15, 0.2) is 0 Å². The quantitative estimate of drug-likeness (QED) is 0.816. The third kappa shape index (κ3) is 2.77. The Bertz CT molecular complexity index is 436. The van der Waals surface area contributed by atoms with Gasteiger partial charge in [0.25, 0.3) is 0 Å². The van der Waals surface area contributed by atoms with Crippen molar-refractivity contribution in [1.29, 1.82) is 0 Å². The lowest BCUT2D eigenvalue weighted by Gasteiger charge is -2.44. The molecule has 0 amide bonds. The summed E-state index contributed by atoms with van der Waals surface area (Å²) in [5.41, 5.74) is 1.40. The summed E-state index contributed by atoms with van der Waals surface area (Å²) in [6, 6.07) is 8.44. The van der Waals surface area contributed by atoms with Gasteiger partial charge in [0.05, 0.1) is 6.10 Å². The lowest BCUT2D eigenvalue weighted by Crippen LogP contribution is -2.50. The van der Waals surface area contributed by atoms with Crippen molar-refractivity contribution in [2.24, 2.45) is 0 Å². The first-order valence-electron chi connectivity index (χ1n) is 7.36. The van der Waals surface area contributed by atoms with Crippen molar-refractivity contribution in [3.8, 4) is 5.75 Å². The fourth-order valence-electron chi connectivity index (χ4n) is 3.11. The van der Waals surface area contributed by atoms with Crippen LogP contribution < -0.4 is 4.74 Å². The van der Waals surface area contributed by atoms with Crippen LogP contribution in [0.15, 0.2) is 24.3 Å². The largest absolute Gasteiger partial charge is 0.487 e. The Morgan fingerprint density at radius 3 is 2.63 bits per heavy atom. The number of rotatable bonds is 2. The van der Waals surface area contributed by atoms with Gasteiger partial charge in [0.1, 0.15) is 11.4 Å². The maximum Gasteiger partial charge on any atom is 0.123 e. The predicted octanol–water partition coefficient (Wildman–Crippen LogP) is 3.19. The van der Waals surface area contributed by atoms with Gasteiger partial charge in [-0.25, -0.2) is 0 Å². The molecule has 3 rings (SSSR count). The van der Waals surface area contributed by atoms with Crippen molar-refractivity contribution in [1.82, 2.24) is 5.06 Å². The molecule has 1 aromatic rings. The van der Waals surface area contributed by atoms with Gasteiger partial charge in [-0.1, -0.05) is 18.2 Å². The van der Waals surface area contributed by atoms with Crippen LogP contribution in [0.25, 0.3) is 0 Å². The predicted molar refractivity (Wildman–Crippen MR) is 75.2 cm³/mol. The monoisotopic (exact) mass is 261 g/mol. The first-order chi connectivity index (χ1) is 9.17. The highest BCUT2D eigenvalue weighted by Crippen LogP contribution is 2.39. The molecule has 1 spiro atoms. The molecular weight excluding hydrogens is 238 g/mol. The van der Waals surface area contributed by atoms with Crippen LogP contribution in [0.3, 0.4) is 0 Å². The average molecular weight is 261 g/mol. The van der Waals surface area contributed by atoms with Gasteiger partial charge in [-0.2, -0.15) is 5.06 Å². The lowest BCUT2D eigenvalue weighted by molar-refractivity contribution is -0.214. The SMILES string of the molecule is CC(C)ON1CCC2(CCc3ccccc3O2)CC1. The highest BCUT2D eigenvalue weighted by molar-refractivity contribution is 5.36. The smallest absolute Gasteiger partial charge is 0.123 e. The molecule has 0 unspecified atom stereocenters. The van der Waals surface area contributed by atoms with E-state index >= 15 is 0 Å². The highest BCUT2D eigenvalue weighted by Gasteiger charge is 2.39. The molecule has 1 saturated heterocycles. The standard InChI is InChI=1S/C16H23NO2/c1-13(2)19-17-11-9-16(10-12-17)8-7-14-5-3-4-6-15(14)18-16/h3-6,13H,7-12H2,1-2H3. The van der Waals surface area contributed by atoms with Crippen LogP contribution in [0.4, 0.5) is 0 Å². The van der Waals surface area contributed by atoms with Gasteiger partial charge < -0.3 is 4.74 Å². The first-order valence-corrected chi connectivity index (χ1v) is 7.36. The van der Waals surface area contributed by atoms with E-state index < -0.39 is 0 Å². The summed E-state index contributed by atoms with van der Waals surface area (Å²) in [5.74, 6) is 1.09. The van der Waals surface area contributed by atoms with Gasteiger partial charge in [-0.15, -0.1) is 0 Å². The summed E-state index contributed by atoms with van der Waals surface area (Å²) < 4.78 is 6.33. The molecule has 0 atom stereocenters. The molecule has 0 aromatic heterocycles. The minimum atomic E-state index is 0.0468. The molecule has 0 saturated carbocycles. The van der Waals surface area contributed by atoms with Crippen molar-refractivity contribution in [2.45, 2.75) is 51.2 Å². The fraction of sp³-hybridized carbons (Fsp3) is 0.625. The lowest BCUT2D eigenvalue weighted by atomic mass is 9.83. The van der Waals surface area contributed by atoms with E-state index in [-0.39, 0.29) is 11.7 Å². The molecule has 2 heterocycles. The van der Waals surface area contributed by atoms with Gasteiger partial charge in [-0.05, 0) is 38.3 Å². The van der Waals surface area contributed by atoms with Crippen LogP contribution in [0.5, 0.6) is 5.75 Å². The highest BCUT2D eigenvalue weighted by atomic mass is 16.7. The van der Waals surface area contributed by atoms with E-state index in [0.717, 1.165) is 44.5 Å². The van der Waals surface area contributed by atoms with Crippen molar-refractivity contribution in [3.63, 3.8) is 0 Å². The van der Waals surface area contributed by atoms with Crippen molar-refractivity contribution >= 4 is 0 Å². The summed E-state index contributed by atoms with van der Waals surface area (Å²) >= 11 is 0. The zero-order chi connectivity index (χ0) is 13.3. The van der Waals surface area contributed by atoms with Gasteiger partial charge in [-0.3, -0.25) is 4.84 Å². The molecule has 0 radical (unpaired) electrons. The summed E-state index contributed by atoms with van der Waals surface area (Å²) in [6.07, 6.45) is 4.67. The first kappa shape index (κ1) is 12.9. The number of fused-ring (bicyclic) bond motifs is 1. The normalized spacial score (nSPS) is 22.3. The number of hydrogen-bond acceptors (Lipinski definition) is 3. The molecule has 0 aliphatic carbocycles. The minimum Gasteiger partial charge on any atom is -0.487 e. The number of piperidine rings is 1. The van der Waals surface area contributed by atoms with Crippen LogP contribution in [0.1, 0.15) is 38.7 Å². The number of hydroxylamine groups is 2. The molecule has 3 nitrogen and oxygen atoms in total. The molecule has 1 aromatic carbocycles. The molecule has 104 valence electrons. The van der Waals surface area contributed by atoms with Crippen LogP contribution >= 0.6 is 0 Å². The second kappa shape index (κ2) is 5.14. The molecule has 0 N–H and O–H groups in total. The van der Waals surface area contributed by atoms with Crippen LogP contribution in [-0.4, -0.2) is 29.9 Å². The number of hydrogen-bond donors (Lipinski definition) is 0. The number of aryl methyl sites for hydroxylation is 1. The second-order valence-electron chi connectivity index (χ2n) is 5.98. The van der Waals surface area contributed by atoms with Crippen molar-refractivity contribution in [2.75, 3.05) is 13.1 Å². The molecule has 1 fully saturated rings. The zero-order valence-corrected chi connectivity index (χ0v) is 11.9. The molecule has 3 heteroatoms. The summed E-state index contributed by atoms with van der Waals surface area (Å²) in [6.45, 7) is 6.11. The Morgan fingerprint density at radius 1 is 1.16 bits per heavy atom. The molecule has 2 aliphatic rings. The minimum absolute atomic E-state index is 0.0468. The van der Waals surface area contributed by atoms with E-state index in [9.17, 15) is 0 Å². The van der Waals surface area contributed by atoms with Gasteiger partial charge in [0, 0.05) is 25.9 Å². The summed E-state index contributed by atoms with van der Waals surface area (Å²) in [5, 5.41) is 2.10. The molecular formula is C16H23NO2. The van der Waals surface area contributed by atoms with Crippen LogP contribution in [-0.2, 0) is 11.3 Å². The van der Waals surface area contributed by atoms with E-state index in [0.29, 0.717) is 0 Å². The van der Waals surface area contributed by atoms with Gasteiger partial charge in [0.2, 0.25) is 0 Å². The number of benzene rings is 1. The van der Waals surface area contributed by atoms with E-state index in [1.807, 2.05) is 0 Å². The Morgan fingerprint density at radius 2 is 1.89 bits per heavy atom. The topological polar surface area (TPSA) is 21.7 Å². The van der Waals surface area contributed by atoms with Crippen LogP contribution in [0, 0.1) is 0 Å². The second-order valence-corrected chi connectivity index (χ2v) is 5.98. The molecule has 19 heavy (non-hydrogen) atoms. The number of para-hydroxylation sites is 1. The fourth-order valence-corrected chi connectivity index (χ4v) is 3.11. The Kier molecular flexibility index (Phi) is 3.50. The van der Waals surface area contributed by atoms with Crippen LogP contribution in [0.2, 0.25) is 0 Å². The number of nitrogens with zero attached hydrogens (tertiary/aromatic N) is 1. The Labute approximate surface area is 115 Å². The number of ether oxygens (including phenoxy) is 1. The molecule has 0 bridgehead atoms.